The van der Waals surface area contributed by atoms with Crippen LogP contribution in [0, 0.1) is 6.92 Å². The summed E-state index contributed by atoms with van der Waals surface area (Å²) in [5, 5.41) is 0. The maximum atomic E-state index is 11.4. The normalized spacial score (nSPS) is 11.7. The van der Waals surface area contributed by atoms with E-state index in [4.69, 9.17) is 9.47 Å². The summed E-state index contributed by atoms with van der Waals surface area (Å²) >= 11 is 0. The highest BCUT2D eigenvalue weighted by Crippen LogP contribution is 2.19. The second kappa shape index (κ2) is 6.79. The minimum Gasteiger partial charge on any atom is -0.455 e. The van der Waals surface area contributed by atoms with Gasteiger partial charge in [-0.25, -0.2) is 0 Å². The molecule has 0 aliphatic rings. The Balaban J connectivity index is 2.60. The Morgan fingerprint density at radius 3 is 2.50 bits per heavy atom. The zero-order chi connectivity index (χ0) is 13.5. The Hall–Kier alpha value is -1.84. The summed E-state index contributed by atoms with van der Waals surface area (Å²) in [5.41, 5.74) is 0.971. The number of carbonyl (C=O) groups is 2. The molecule has 0 bridgehead atoms. The van der Waals surface area contributed by atoms with Crippen LogP contribution >= 0.6 is 0 Å². The van der Waals surface area contributed by atoms with E-state index in [0.29, 0.717) is 12.2 Å². The summed E-state index contributed by atoms with van der Waals surface area (Å²) in [6, 6.07) is 7.49. The lowest BCUT2D eigenvalue weighted by atomic mass is 10.2. The fourth-order valence-electron chi connectivity index (χ4n) is 1.41. The lowest BCUT2D eigenvalue weighted by molar-refractivity contribution is -0.164. The molecule has 0 saturated heterocycles. The molecular formula is C14H18O4. The van der Waals surface area contributed by atoms with Gasteiger partial charge in [0.2, 0.25) is 6.29 Å². The summed E-state index contributed by atoms with van der Waals surface area (Å²) in [6.45, 7) is 5.12. The zero-order valence-electron chi connectivity index (χ0n) is 10.9. The smallest absolute Gasteiger partial charge is 0.316 e. The van der Waals surface area contributed by atoms with E-state index in [1.807, 2.05) is 38.1 Å². The largest absolute Gasteiger partial charge is 0.455 e. The fourth-order valence-corrected chi connectivity index (χ4v) is 1.41. The molecule has 0 spiro atoms. The van der Waals surface area contributed by atoms with Crippen LogP contribution < -0.4 is 4.74 Å². The molecule has 4 nitrogen and oxygen atoms in total. The Labute approximate surface area is 107 Å². The van der Waals surface area contributed by atoms with Crippen molar-refractivity contribution < 1.29 is 19.1 Å². The van der Waals surface area contributed by atoms with E-state index in [0.717, 1.165) is 5.56 Å². The van der Waals surface area contributed by atoms with Crippen molar-refractivity contribution in [1.29, 1.82) is 0 Å². The van der Waals surface area contributed by atoms with Crippen LogP contribution in [0.2, 0.25) is 0 Å². The number of aryl methyl sites for hydroxylation is 1. The SMILES string of the molecule is CCC(OC(=O)CC(C)=O)Oc1ccccc1C. The Morgan fingerprint density at radius 1 is 1.28 bits per heavy atom. The fraction of sp³-hybridized carbons (Fsp3) is 0.429. The molecule has 0 N–H and O–H groups in total. The first-order chi connectivity index (χ1) is 8.52. The van der Waals surface area contributed by atoms with Crippen molar-refractivity contribution in [3.8, 4) is 5.75 Å². The van der Waals surface area contributed by atoms with Crippen LogP contribution in [-0.4, -0.2) is 18.0 Å². The maximum Gasteiger partial charge on any atom is 0.316 e. The average molecular weight is 250 g/mol. The Morgan fingerprint density at radius 2 is 1.94 bits per heavy atom. The van der Waals surface area contributed by atoms with Crippen LogP contribution in [0.25, 0.3) is 0 Å². The number of para-hydroxylation sites is 1. The molecule has 0 fully saturated rings. The number of hydrogen-bond acceptors (Lipinski definition) is 4. The third-order valence-corrected chi connectivity index (χ3v) is 2.34. The Kier molecular flexibility index (Phi) is 5.36. The number of benzene rings is 1. The first-order valence-electron chi connectivity index (χ1n) is 5.94. The van der Waals surface area contributed by atoms with Gasteiger partial charge in [0.1, 0.15) is 18.0 Å². The molecule has 0 heterocycles. The van der Waals surface area contributed by atoms with Crippen LogP contribution in [0.5, 0.6) is 5.75 Å². The van der Waals surface area contributed by atoms with Crippen LogP contribution in [0.15, 0.2) is 24.3 Å². The van der Waals surface area contributed by atoms with Crippen molar-refractivity contribution >= 4 is 11.8 Å². The predicted molar refractivity (Wildman–Crippen MR) is 67.3 cm³/mol. The van der Waals surface area contributed by atoms with Gasteiger partial charge in [-0.05, 0) is 25.5 Å². The molecular weight excluding hydrogens is 232 g/mol. The third-order valence-electron chi connectivity index (χ3n) is 2.34. The van der Waals surface area contributed by atoms with Crippen LogP contribution in [0.3, 0.4) is 0 Å². The molecule has 18 heavy (non-hydrogen) atoms. The van der Waals surface area contributed by atoms with E-state index < -0.39 is 12.3 Å². The van der Waals surface area contributed by atoms with Gasteiger partial charge >= 0.3 is 5.97 Å². The first-order valence-corrected chi connectivity index (χ1v) is 5.94. The molecule has 1 aromatic rings. The summed E-state index contributed by atoms with van der Waals surface area (Å²) in [5.74, 6) is -0.0892. The second-order valence-corrected chi connectivity index (χ2v) is 4.09. The number of rotatable bonds is 6. The standard InChI is InChI=1S/C14H18O4/c1-4-14(18-13(16)9-11(3)15)17-12-8-6-5-7-10(12)2/h5-8,14H,4,9H2,1-3H3. The molecule has 0 radical (unpaired) electrons. The van der Waals surface area contributed by atoms with E-state index in [9.17, 15) is 9.59 Å². The molecule has 98 valence electrons. The van der Waals surface area contributed by atoms with Crippen LogP contribution in [0.4, 0.5) is 0 Å². The molecule has 0 amide bonds. The van der Waals surface area contributed by atoms with Gasteiger partial charge in [-0.1, -0.05) is 25.1 Å². The predicted octanol–water partition coefficient (Wildman–Crippen LogP) is 2.63. The number of Topliss-reactive ketones (excluding diaryl/α,β-unsaturated/α-hetero) is 1. The summed E-state index contributed by atoms with van der Waals surface area (Å²) in [4.78, 5) is 22.2. The van der Waals surface area contributed by atoms with Crippen molar-refractivity contribution in [3.63, 3.8) is 0 Å². The first kappa shape index (κ1) is 14.2. The van der Waals surface area contributed by atoms with Crippen LogP contribution in [0.1, 0.15) is 32.3 Å². The highest BCUT2D eigenvalue weighted by molar-refractivity contribution is 5.94. The summed E-state index contributed by atoms with van der Waals surface area (Å²) in [7, 11) is 0. The van der Waals surface area contributed by atoms with E-state index in [1.54, 1.807) is 0 Å². The number of esters is 1. The van der Waals surface area contributed by atoms with E-state index in [-0.39, 0.29) is 12.2 Å². The molecule has 1 unspecified atom stereocenters. The monoisotopic (exact) mass is 250 g/mol. The number of hydrogen-bond donors (Lipinski definition) is 0. The maximum absolute atomic E-state index is 11.4. The molecule has 0 aliphatic heterocycles. The lowest BCUT2D eigenvalue weighted by Gasteiger charge is -2.18. The van der Waals surface area contributed by atoms with Crippen molar-refractivity contribution in [1.82, 2.24) is 0 Å². The van der Waals surface area contributed by atoms with Gasteiger partial charge in [-0.2, -0.15) is 0 Å². The number of carbonyl (C=O) groups excluding carboxylic acids is 2. The molecule has 0 aliphatic carbocycles. The van der Waals surface area contributed by atoms with Gasteiger partial charge in [0.05, 0.1) is 0 Å². The van der Waals surface area contributed by atoms with Gasteiger partial charge in [0, 0.05) is 6.42 Å². The van der Waals surface area contributed by atoms with E-state index in [1.165, 1.54) is 6.92 Å². The van der Waals surface area contributed by atoms with Crippen molar-refractivity contribution in [3.05, 3.63) is 29.8 Å². The molecule has 4 heteroatoms. The summed E-state index contributed by atoms with van der Waals surface area (Å²) < 4.78 is 10.7. The summed E-state index contributed by atoms with van der Waals surface area (Å²) in [6.07, 6.45) is -0.344. The molecule has 0 aromatic heterocycles. The van der Waals surface area contributed by atoms with E-state index in [2.05, 4.69) is 0 Å². The van der Waals surface area contributed by atoms with Gasteiger partial charge in [-0.3, -0.25) is 9.59 Å². The van der Waals surface area contributed by atoms with Gasteiger partial charge in [-0.15, -0.1) is 0 Å². The topological polar surface area (TPSA) is 52.6 Å². The van der Waals surface area contributed by atoms with Crippen molar-refractivity contribution in [2.24, 2.45) is 0 Å². The van der Waals surface area contributed by atoms with Gasteiger partial charge in [0.25, 0.3) is 0 Å². The zero-order valence-corrected chi connectivity index (χ0v) is 10.9. The molecule has 1 rings (SSSR count). The van der Waals surface area contributed by atoms with E-state index >= 15 is 0 Å². The average Bonchev–Trinajstić information content (AvgIpc) is 2.30. The van der Waals surface area contributed by atoms with Crippen molar-refractivity contribution in [2.45, 2.75) is 39.9 Å². The molecule has 1 atom stereocenters. The van der Waals surface area contributed by atoms with Crippen molar-refractivity contribution in [2.75, 3.05) is 0 Å². The minimum absolute atomic E-state index is 0.215. The second-order valence-electron chi connectivity index (χ2n) is 4.09. The highest BCUT2D eigenvalue weighted by atomic mass is 16.7. The quantitative estimate of drug-likeness (QED) is 0.442. The van der Waals surface area contributed by atoms with Gasteiger partial charge < -0.3 is 9.47 Å². The minimum atomic E-state index is -0.655. The highest BCUT2D eigenvalue weighted by Gasteiger charge is 2.16. The third kappa shape index (κ3) is 4.57. The number of ether oxygens (including phenoxy) is 2. The molecule has 0 saturated carbocycles. The molecule has 1 aromatic carbocycles. The Bertz CT molecular complexity index is 426. The lowest BCUT2D eigenvalue weighted by Crippen LogP contribution is -2.24. The van der Waals surface area contributed by atoms with Crippen LogP contribution in [-0.2, 0) is 14.3 Å². The van der Waals surface area contributed by atoms with Gasteiger partial charge in [0.15, 0.2) is 0 Å². The number of ketones is 1.